The molecule has 1 aromatic carbocycles. The van der Waals surface area contributed by atoms with Gasteiger partial charge >= 0.3 is 0 Å². The fraction of sp³-hybridized carbons (Fsp3) is 0.571. The highest BCUT2D eigenvalue weighted by atomic mass is 16.5. The smallest absolute Gasteiger partial charge is 0.119 e. The van der Waals surface area contributed by atoms with Crippen molar-refractivity contribution in [3.05, 3.63) is 23.8 Å². The molecule has 0 amide bonds. The van der Waals surface area contributed by atoms with Crippen LogP contribution in [0.3, 0.4) is 0 Å². The van der Waals surface area contributed by atoms with Gasteiger partial charge in [-0.15, -0.1) is 0 Å². The highest BCUT2D eigenvalue weighted by Gasteiger charge is 2.29. The maximum atomic E-state index is 10.0. The molecule has 0 radical (unpaired) electrons. The number of methoxy groups -OCH3 is 1. The van der Waals surface area contributed by atoms with E-state index in [2.05, 4.69) is 20.8 Å². The molecule has 1 aromatic rings. The van der Waals surface area contributed by atoms with Crippen molar-refractivity contribution in [3.8, 4) is 11.5 Å². The molecule has 0 heterocycles. The van der Waals surface area contributed by atoms with Crippen LogP contribution in [-0.4, -0.2) is 12.2 Å². The molecular weight excluding hydrogens is 200 g/mol. The minimum Gasteiger partial charge on any atom is -0.508 e. The molecule has 0 unspecified atom stereocenters. The lowest BCUT2D eigenvalue weighted by atomic mass is 9.73. The quantitative estimate of drug-likeness (QED) is 0.819. The van der Waals surface area contributed by atoms with E-state index >= 15 is 0 Å². The summed E-state index contributed by atoms with van der Waals surface area (Å²) in [7, 11) is 1.65. The molecule has 2 heteroatoms. The fourth-order valence-electron chi connectivity index (χ4n) is 2.39. The monoisotopic (exact) mass is 222 g/mol. The summed E-state index contributed by atoms with van der Waals surface area (Å²) in [5, 5.41) is 10.0. The molecule has 0 fully saturated rings. The number of ether oxygens (including phenoxy) is 1. The van der Waals surface area contributed by atoms with Crippen LogP contribution in [0.5, 0.6) is 11.5 Å². The van der Waals surface area contributed by atoms with E-state index in [4.69, 9.17) is 4.74 Å². The Hall–Kier alpha value is -1.18. The predicted octanol–water partition coefficient (Wildman–Crippen LogP) is 3.87. The first-order valence-corrected chi connectivity index (χ1v) is 6.01. The third-order valence-corrected chi connectivity index (χ3v) is 3.81. The minimum atomic E-state index is 0.0681. The van der Waals surface area contributed by atoms with Crippen LogP contribution in [0.2, 0.25) is 0 Å². The Morgan fingerprint density at radius 1 is 1.12 bits per heavy atom. The van der Waals surface area contributed by atoms with Crippen molar-refractivity contribution in [1.29, 1.82) is 0 Å². The first kappa shape index (κ1) is 12.9. The minimum absolute atomic E-state index is 0.0681. The molecule has 0 saturated carbocycles. The van der Waals surface area contributed by atoms with Crippen LogP contribution in [0, 0.1) is 0 Å². The van der Waals surface area contributed by atoms with E-state index in [0.717, 1.165) is 30.6 Å². The third-order valence-electron chi connectivity index (χ3n) is 3.81. The molecule has 16 heavy (non-hydrogen) atoms. The van der Waals surface area contributed by atoms with Gasteiger partial charge in [-0.05, 0) is 42.9 Å². The Bertz CT molecular complexity index is 332. The molecule has 0 atom stereocenters. The zero-order chi connectivity index (χ0) is 12.2. The van der Waals surface area contributed by atoms with E-state index in [0.29, 0.717) is 5.75 Å². The number of phenols is 1. The molecule has 1 rings (SSSR count). The molecule has 0 saturated heterocycles. The van der Waals surface area contributed by atoms with Crippen molar-refractivity contribution < 1.29 is 9.84 Å². The molecule has 0 aromatic heterocycles. The highest BCUT2D eigenvalue weighted by Crippen LogP contribution is 2.41. The second kappa shape index (κ2) is 5.24. The predicted molar refractivity (Wildman–Crippen MR) is 67.2 cm³/mol. The number of phenolic OH excluding ortho intramolecular Hbond substituents is 1. The van der Waals surface area contributed by atoms with E-state index in [1.165, 1.54) is 0 Å². The summed E-state index contributed by atoms with van der Waals surface area (Å²) in [6, 6.07) is 5.49. The third kappa shape index (κ3) is 2.16. The van der Waals surface area contributed by atoms with Crippen molar-refractivity contribution in [1.82, 2.24) is 0 Å². The average Bonchev–Trinajstić information content (AvgIpc) is 2.34. The van der Waals surface area contributed by atoms with Crippen LogP contribution in [0.25, 0.3) is 0 Å². The fourth-order valence-corrected chi connectivity index (χ4v) is 2.39. The molecule has 0 aliphatic carbocycles. The van der Waals surface area contributed by atoms with Gasteiger partial charge in [0.15, 0.2) is 0 Å². The Balaban J connectivity index is 3.27. The second-order valence-corrected chi connectivity index (χ2v) is 4.22. The first-order chi connectivity index (χ1) is 7.63. The number of hydrogen-bond donors (Lipinski definition) is 1. The van der Waals surface area contributed by atoms with Gasteiger partial charge in [-0.3, -0.25) is 0 Å². The Morgan fingerprint density at radius 3 is 2.12 bits per heavy atom. The molecule has 0 aliphatic rings. The van der Waals surface area contributed by atoms with Gasteiger partial charge in [-0.2, -0.15) is 0 Å². The normalized spacial score (nSPS) is 11.5. The molecular formula is C14H22O2. The van der Waals surface area contributed by atoms with Crippen LogP contribution in [-0.2, 0) is 5.41 Å². The number of aromatic hydroxyl groups is 1. The van der Waals surface area contributed by atoms with Crippen LogP contribution in [0.15, 0.2) is 18.2 Å². The lowest BCUT2D eigenvalue weighted by molar-refractivity contribution is 0.352. The molecule has 90 valence electrons. The molecule has 1 N–H and O–H groups in total. The Labute approximate surface area is 98.3 Å². The summed E-state index contributed by atoms with van der Waals surface area (Å²) in [5.41, 5.74) is 1.08. The van der Waals surface area contributed by atoms with Gasteiger partial charge in [-0.1, -0.05) is 20.8 Å². The summed E-state index contributed by atoms with van der Waals surface area (Å²) in [4.78, 5) is 0. The van der Waals surface area contributed by atoms with Crippen molar-refractivity contribution >= 4 is 0 Å². The highest BCUT2D eigenvalue weighted by molar-refractivity contribution is 5.44. The molecule has 2 nitrogen and oxygen atoms in total. The Morgan fingerprint density at radius 2 is 1.69 bits per heavy atom. The summed E-state index contributed by atoms with van der Waals surface area (Å²) in [6.45, 7) is 6.52. The van der Waals surface area contributed by atoms with Gasteiger partial charge in [0.25, 0.3) is 0 Å². The van der Waals surface area contributed by atoms with Crippen molar-refractivity contribution in [2.75, 3.05) is 7.11 Å². The van der Waals surface area contributed by atoms with Gasteiger partial charge in [0.05, 0.1) is 7.11 Å². The first-order valence-electron chi connectivity index (χ1n) is 6.01. The van der Waals surface area contributed by atoms with Crippen LogP contribution in [0.4, 0.5) is 0 Å². The number of rotatable bonds is 5. The van der Waals surface area contributed by atoms with E-state index in [9.17, 15) is 5.11 Å². The lowest BCUT2D eigenvalue weighted by Gasteiger charge is -2.32. The Kier molecular flexibility index (Phi) is 4.22. The maximum absolute atomic E-state index is 10.0. The zero-order valence-corrected chi connectivity index (χ0v) is 10.7. The SMILES string of the molecule is CCC(CC)(CC)c1cc(OC)ccc1O. The molecule has 0 spiro atoms. The molecule has 0 aliphatic heterocycles. The van der Waals surface area contributed by atoms with Crippen molar-refractivity contribution in [2.24, 2.45) is 0 Å². The van der Waals surface area contributed by atoms with Gasteiger partial charge in [0, 0.05) is 5.56 Å². The largest absolute Gasteiger partial charge is 0.508 e. The summed E-state index contributed by atoms with van der Waals surface area (Å²) < 4.78 is 5.23. The van der Waals surface area contributed by atoms with Gasteiger partial charge in [0.1, 0.15) is 11.5 Å². The maximum Gasteiger partial charge on any atom is 0.119 e. The van der Waals surface area contributed by atoms with Crippen molar-refractivity contribution in [3.63, 3.8) is 0 Å². The summed E-state index contributed by atoms with van der Waals surface area (Å²) in [5.74, 6) is 1.19. The van der Waals surface area contributed by atoms with Crippen LogP contribution >= 0.6 is 0 Å². The number of hydrogen-bond acceptors (Lipinski definition) is 2. The van der Waals surface area contributed by atoms with Gasteiger partial charge < -0.3 is 9.84 Å². The molecule has 0 bridgehead atoms. The second-order valence-electron chi connectivity index (χ2n) is 4.22. The standard InChI is InChI=1S/C14H22O2/c1-5-14(6-2,7-3)12-10-11(16-4)8-9-13(12)15/h8-10,15H,5-7H2,1-4H3. The van der Waals surface area contributed by atoms with E-state index in [-0.39, 0.29) is 5.41 Å². The number of benzene rings is 1. The average molecular weight is 222 g/mol. The van der Waals surface area contributed by atoms with Crippen LogP contribution < -0.4 is 4.74 Å². The van der Waals surface area contributed by atoms with Crippen LogP contribution in [0.1, 0.15) is 45.6 Å². The van der Waals surface area contributed by atoms with E-state index < -0.39 is 0 Å². The zero-order valence-electron chi connectivity index (χ0n) is 10.7. The summed E-state index contributed by atoms with van der Waals surface area (Å²) in [6.07, 6.45) is 3.09. The van der Waals surface area contributed by atoms with E-state index in [1.54, 1.807) is 19.2 Å². The van der Waals surface area contributed by atoms with Gasteiger partial charge in [-0.25, -0.2) is 0 Å². The summed E-state index contributed by atoms with van der Waals surface area (Å²) >= 11 is 0. The lowest BCUT2D eigenvalue weighted by Crippen LogP contribution is -2.23. The van der Waals surface area contributed by atoms with Gasteiger partial charge in [0.2, 0.25) is 0 Å². The van der Waals surface area contributed by atoms with Crippen molar-refractivity contribution in [2.45, 2.75) is 45.4 Å². The van der Waals surface area contributed by atoms with E-state index in [1.807, 2.05) is 6.07 Å². The topological polar surface area (TPSA) is 29.5 Å².